The Balaban J connectivity index is 1.35. The van der Waals surface area contributed by atoms with Crippen LogP contribution in [0.3, 0.4) is 0 Å². The summed E-state index contributed by atoms with van der Waals surface area (Å²) in [5.41, 5.74) is 0.0200. The molecule has 1 aromatic carbocycles. The van der Waals surface area contributed by atoms with Gasteiger partial charge in [0.2, 0.25) is 0 Å². The van der Waals surface area contributed by atoms with E-state index in [2.05, 4.69) is 5.32 Å². The van der Waals surface area contributed by atoms with E-state index in [1.807, 2.05) is 0 Å². The largest absolute Gasteiger partial charge is 0.495 e. The van der Waals surface area contributed by atoms with Gasteiger partial charge in [0, 0.05) is 10.6 Å². The average Bonchev–Trinajstić information content (AvgIpc) is 2.57. The van der Waals surface area contributed by atoms with E-state index in [0.717, 1.165) is 25.7 Å². The van der Waals surface area contributed by atoms with Gasteiger partial charge in [-0.3, -0.25) is 9.59 Å². The second-order valence-electron chi connectivity index (χ2n) is 8.37. The van der Waals surface area contributed by atoms with Gasteiger partial charge < -0.3 is 14.8 Å². The van der Waals surface area contributed by atoms with Crippen LogP contribution in [-0.2, 0) is 14.3 Å². The van der Waals surface area contributed by atoms with Gasteiger partial charge in [-0.05, 0) is 68.6 Å². The lowest BCUT2D eigenvalue weighted by molar-refractivity contribution is -0.171. The maximum atomic E-state index is 12.8. The smallest absolute Gasteiger partial charge is 0.312 e. The SMILES string of the molecule is COc1ccc(NC(=O)COC(=O)C23C[C@@H]4C[C@@H](CC(Cl)(C4)C2)C3)cc1Cl. The second-order valence-corrected chi connectivity index (χ2v) is 9.57. The number of ether oxygens (including phenoxy) is 2. The van der Waals surface area contributed by atoms with Crippen LogP contribution in [0.15, 0.2) is 18.2 Å². The standard InChI is InChI=1S/C20H23Cl2NO4/c1-26-16-3-2-14(5-15(16)21)23-17(24)10-27-18(25)19-6-12-4-13(7-19)9-20(22,8-12)11-19/h2-3,5,12-13H,4,6-11H2,1H3,(H,23,24)/t12-,13+,19?,20?. The number of hydrogen-bond donors (Lipinski definition) is 1. The molecule has 0 aliphatic heterocycles. The van der Waals surface area contributed by atoms with Gasteiger partial charge in [-0.25, -0.2) is 0 Å². The van der Waals surface area contributed by atoms with Crippen LogP contribution in [0, 0.1) is 17.3 Å². The first-order valence-electron chi connectivity index (χ1n) is 9.30. The molecule has 7 heteroatoms. The summed E-state index contributed by atoms with van der Waals surface area (Å²) in [4.78, 5) is 24.8. The molecule has 5 rings (SSSR count). The highest BCUT2D eigenvalue weighted by Gasteiger charge is 2.60. The van der Waals surface area contributed by atoms with E-state index in [0.29, 0.717) is 34.7 Å². The number of carbonyl (C=O) groups excluding carboxylic acids is 2. The number of anilines is 1. The summed E-state index contributed by atoms with van der Waals surface area (Å²) in [5, 5.41) is 3.09. The number of benzene rings is 1. The van der Waals surface area contributed by atoms with Crippen molar-refractivity contribution in [3.8, 4) is 5.75 Å². The maximum absolute atomic E-state index is 12.8. The summed E-state index contributed by atoms with van der Waals surface area (Å²) in [7, 11) is 1.52. The topological polar surface area (TPSA) is 64.6 Å². The van der Waals surface area contributed by atoms with E-state index in [9.17, 15) is 9.59 Å². The summed E-state index contributed by atoms with van der Waals surface area (Å²) >= 11 is 12.8. The van der Waals surface area contributed by atoms with E-state index in [1.54, 1.807) is 18.2 Å². The monoisotopic (exact) mass is 411 g/mol. The summed E-state index contributed by atoms with van der Waals surface area (Å²) in [6.07, 6.45) is 5.52. The molecule has 2 unspecified atom stereocenters. The van der Waals surface area contributed by atoms with Gasteiger partial charge in [0.25, 0.3) is 5.91 Å². The molecule has 4 fully saturated rings. The maximum Gasteiger partial charge on any atom is 0.312 e. The lowest BCUT2D eigenvalue weighted by Gasteiger charge is -2.58. The van der Waals surface area contributed by atoms with Gasteiger partial charge >= 0.3 is 5.97 Å². The van der Waals surface area contributed by atoms with Gasteiger partial charge in [-0.15, -0.1) is 11.6 Å². The third-order valence-corrected chi connectivity index (χ3v) is 6.93. The van der Waals surface area contributed by atoms with Crippen LogP contribution < -0.4 is 10.1 Å². The van der Waals surface area contributed by atoms with Crippen LogP contribution in [0.25, 0.3) is 0 Å². The number of carbonyl (C=O) groups is 2. The van der Waals surface area contributed by atoms with Crippen molar-refractivity contribution in [2.45, 2.75) is 43.4 Å². The minimum absolute atomic E-state index is 0.259. The van der Waals surface area contributed by atoms with Gasteiger partial charge in [0.1, 0.15) is 5.75 Å². The molecule has 4 atom stereocenters. The Kier molecular flexibility index (Phi) is 4.79. The van der Waals surface area contributed by atoms with E-state index >= 15 is 0 Å². The molecule has 0 saturated heterocycles. The van der Waals surface area contributed by atoms with E-state index < -0.39 is 11.3 Å². The van der Waals surface area contributed by atoms with Crippen molar-refractivity contribution in [1.82, 2.24) is 0 Å². The summed E-state index contributed by atoms with van der Waals surface area (Å²) in [6.45, 7) is -0.311. The number of nitrogens with one attached hydrogen (secondary N) is 1. The zero-order valence-corrected chi connectivity index (χ0v) is 16.7. The molecule has 0 spiro atoms. The Bertz CT molecular complexity index is 767. The first-order valence-corrected chi connectivity index (χ1v) is 10.1. The predicted molar refractivity (Wildman–Crippen MR) is 103 cm³/mol. The molecule has 4 saturated carbocycles. The van der Waals surface area contributed by atoms with Gasteiger partial charge in [-0.2, -0.15) is 0 Å². The fourth-order valence-corrected chi connectivity index (χ4v) is 6.56. The molecule has 5 nitrogen and oxygen atoms in total. The lowest BCUT2D eigenvalue weighted by Crippen LogP contribution is -2.56. The highest BCUT2D eigenvalue weighted by atomic mass is 35.5. The summed E-state index contributed by atoms with van der Waals surface area (Å²) in [6, 6.07) is 4.94. The van der Waals surface area contributed by atoms with E-state index in [4.69, 9.17) is 32.7 Å². The molecule has 0 heterocycles. The van der Waals surface area contributed by atoms with E-state index in [-0.39, 0.29) is 17.5 Å². The van der Waals surface area contributed by atoms with Crippen molar-refractivity contribution in [3.63, 3.8) is 0 Å². The highest BCUT2D eigenvalue weighted by molar-refractivity contribution is 6.32. The van der Waals surface area contributed by atoms with Crippen LogP contribution in [0.5, 0.6) is 5.75 Å². The lowest BCUT2D eigenvalue weighted by atomic mass is 9.49. The third kappa shape index (κ3) is 3.64. The van der Waals surface area contributed by atoms with Gasteiger partial charge in [-0.1, -0.05) is 11.6 Å². The Morgan fingerprint density at radius 2 is 1.93 bits per heavy atom. The Hall–Kier alpha value is -1.46. The summed E-state index contributed by atoms with van der Waals surface area (Å²) < 4.78 is 10.5. The fourth-order valence-electron chi connectivity index (χ4n) is 5.61. The molecule has 27 heavy (non-hydrogen) atoms. The Labute approximate surface area is 168 Å². The Morgan fingerprint density at radius 1 is 1.22 bits per heavy atom. The molecule has 1 amide bonds. The number of alkyl halides is 1. The molecule has 4 aliphatic rings. The quantitative estimate of drug-likeness (QED) is 0.575. The van der Waals surface area contributed by atoms with Crippen LogP contribution in [0.2, 0.25) is 5.02 Å². The minimum atomic E-state index is -0.504. The fraction of sp³-hybridized carbons (Fsp3) is 0.600. The number of halogens is 2. The first kappa shape index (κ1) is 18.9. The van der Waals surface area contributed by atoms with Crippen molar-refractivity contribution in [2.75, 3.05) is 19.0 Å². The molecule has 4 bridgehead atoms. The number of esters is 1. The third-order valence-electron chi connectivity index (χ3n) is 6.19. The number of hydrogen-bond acceptors (Lipinski definition) is 4. The van der Waals surface area contributed by atoms with Crippen LogP contribution >= 0.6 is 23.2 Å². The average molecular weight is 412 g/mol. The zero-order chi connectivity index (χ0) is 19.2. The molecule has 0 radical (unpaired) electrons. The molecule has 4 aliphatic carbocycles. The minimum Gasteiger partial charge on any atom is -0.495 e. The molecular formula is C20H23Cl2NO4. The zero-order valence-electron chi connectivity index (χ0n) is 15.2. The van der Waals surface area contributed by atoms with Crippen molar-refractivity contribution in [1.29, 1.82) is 0 Å². The Morgan fingerprint density at radius 3 is 2.52 bits per heavy atom. The summed E-state index contributed by atoms with van der Waals surface area (Å²) in [5.74, 6) is 0.871. The molecular weight excluding hydrogens is 389 g/mol. The normalized spacial score (nSPS) is 33.6. The molecule has 1 aromatic rings. The highest BCUT2D eigenvalue weighted by Crippen LogP contribution is 2.64. The van der Waals surface area contributed by atoms with Crippen LogP contribution in [-0.4, -0.2) is 30.5 Å². The molecule has 0 aromatic heterocycles. The predicted octanol–water partition coefficient (Wildman–Crippen LogP) is 4.41. The van der Waals surface area contributed by atoms with Gasteiger partial charge in [0.15, 0.2) is 6.61 Å². The molecule has 1 N–H and O–H groups in total. The molecule has 146 valence electrons. The van der Waals surface area contributed by atoms with Crippen LogP contribution in [0.1, 0.15) is 38.5 Å². The van der Waals surface area contributed by atoms with Crippen molar-refractivity contribution in [2.24, 2.45) is 17.3 Å². The van der Waals surface area contributed by atoms with Gasteiger partial charge in [0.05, 0.1) is 17.5 Å². The number of amides is 1. The van der Waals surface area contributed by atoms with E-state index in [1.165, 1.54) is 13.5 Å². The van der Waals surface area contributed by atoms with Crippen molar-refractivity contribution >= 4 is 40.8 Å². The number of methoxy groups -OCH3 is 1. The van der Waals surface area contributed by atoms with Crippen LogP contribution in [0.4, 0.5) is 5.69 Å². The number of rotatable bonds is 5. The van der Waals surface area contributed by atoms with Crippen molar-refractivity contribution < 1.29 is 19.1 Å². The van der Waals surface area contributed by atoms with Crippen molar-refractivity contribution in [3.05, 3.63) is 23.2 Å². The first-order chi connectivity index (χ1) is 12.8. The second kappa shape index (κ2) is 6.85.